The van der Waals surface area contributed by atoms with Gasteiger partial charge in [-0.05, 0) is 24.6 Å². The third-order valence-corrected chi connectivity index (χ3v) is 3.03. The van der Waals surface area contributed by atoms with E-state index in [0.717, 1.165) is 5.56 Å². The second-order valence-electron chi connectivity index (χ2n) is 3.99. The van der Waals surface area contributed by atoms with Crippen molar-refractivity contribution in [3.05, 3.63) is 59.1 Å². The second kappa shape index (κ2) is 5.89. The lowest BCUT2D eigenvalue weighted by molar-refractivity contribution is 0.170. The van der Waals surface area contributed by atoms with Crippen LogP contribution in [0.1, 0.15) is 25.0 Å². The van der Waals surface area contributed by atoms with Gasteiger partial charge in [-0.25, -0.2) is 0 Å². The van der Waals surface area contributed by atoms with E-state index in [1.165, 1.54) is 0 Å². The molecule has 94 valence electrons. The number of hydrogen-bond acceptors (Lipinski definition) is 2. The molecule has 0 radical (unpaired) electrons. The largest absolute Gasteiger partial charge is 0.455 e. The van der Waals surface area contributed by atoms with Crippen LogP contribution in [-0.4, -0.2) is 5.11 Å². The molecule has 0 aliphatic rings. The molecule has 3 heteroatoms. The summed E-state index contributed by atoms with van der Waals surface area (Å²) in [5.74, 6) is 1.23. The minimum Gasteiger partial charge on any atom is -0.455 e. The summed E-state index contributed by atoms with van der Waals surface area (Å²) in [6.45, 7) is 1.93. The van der Waals surface area contributed by atoms with E-state index in [4.69, 9.17) is 16.3 Å². The molecule has 2 aromatic carbocycles. The summed E-state index contributed by atoms with van der Waals surface area (Å²) in [5, 5.41) is 10.5. The highest BCUT2D eigenvalue weighted by Gasteiger charge is 2.12. The van der Waals surface area contributed by atoms with Crippen LogP contribution in [0.5, 0.6) is 11.5 Å². The van der Waals surface area contributed by atoms with Gasteiger partial charge in [-0.2, -0.15) is 0 Å². The average Bonchev–Trinajstić information content (AvgIpc) is 2.41. The second-order valence-corrected chi connectivity index (χ2v) is 4.40. The van der Waals surface area contributed by atoms with Crippen LogP contribution in [-0.2, 0) is 0 Å². The van der Waals surface area contributed by atoms with Gasteiger partial charge in [0.1, 0.15) is 11.5 Å². The van der Waals surface area contributed by atoms with Gasteiger partial charge in [0.2, 0.25) is 0 Å². The maximum Gasteiger partial charge on any atom is 0.146 e. The van der Waals surface area contributed by atoms with Gasteiger partial charge in [0.25, 0.3) is 0 Å². The molecule has 2 nitrogen and oxygen atoms in total. The molecular formula is C15H15ClO2. The van der Waals surface area contributed by atoms with Crippen molar-refractivity contribution in [3.8, 4) is 11.5 Å². The Morgan fingerprint density at radius 1 is 1.06 bits per heavy atom. The highest BCUT2D eigenvalue weighted by molar-refractivity contribution is 6.32. The average molecular weight is 263 g/mol. The number of aliphatic hydroxyl groups excluding tert-OH is 1. The molecule has 0 saturated carbocycles. The van der Waals surface area contributed by atoms with Crippen LogP contribution >= 0.6 is 11.6 Å². The summed E-state index contributed by atoms with van der Waals surface area (Å²) >= 11 is 6.05. The van der Waals surface area contributed by atoms with Gasteiger partial charge in [-0.1, -0.05) is 48.9 Å². The van der Waals surface area contributed by atoms with Crippen molar-refractivity contribution < 1.29 is 9.84 Å². The van der Waals surface area contributed by atoms with E-state index < -0.39 is 6.10 Å². The summed E-state index contributed by atoms with van der Waals surface area (Å²) in [6.07, 6.45) is 0.117. The maximum absolute atomic E-state index is 9.94. The van der Waals surface area contributed by atoms with Gasteiger partial charge in [-0.15, -0.1) is 0 Å². The number of para-hydroxylation sites is 2. The molecule has 1 N–H and O–H groups in total. The number of rotatable bonds is 4. The van der Waals surface area contributed by atoms with E-state index in [-0.39, 0.29) is 0 Å². The third kappa shape index (κ3) is 2.84. The molecule has 2 rings (SSSR count). The van der Waals surface area contributed by atoms with Crippen molar-refractivity contribution in [2.24, 2.45) is 0 Å². The molecule has 0 aliphatic heterocycles. The Morgan fingerprint density at radius 3 is 2.33 bits per heavy atom. The first-order chi connectivity index (χ1) is 8.72. The van der Waals surface area contributed by atoms with Crippen LogP contribution in [0.25, 0.3) is 0 Å². The molecule has 0 saturated heterocycles. The van der Waals surface area contributed by atoms with E-state index in [0.29, 0.717) is 22.9 Å². The van der Waals surface area contributed by atoms with Gasteiger partial charge in [-0.3, -0.25) is 0 Å². The van der Waals surface area contributed by atoms with Crippen LogP contribution in [0.3, 0.4) is 0 Å². The Kier molecular flexibility index (Phi) is 4.24. The van der Waals surface area contributed by atoms with Gasteiger partial charge in [0, 0.05) is 5.56 Å². The Morgan fingerprint density at radius 2 is 1.67 bits per heavy atom. The Balaban J connectivity index is 2.32. The zero-order valence-corrected chi connectivity index (χ0v) is 10.9. The summed E-state index contributed by atoms with van der Waals surface area (Å²) in [6, 6.07) is 14.7. The standard InChI is InChI=1S/C15H15ClO2/c1-2-13(17)11-7-3-5-9-14(11)18-15-10-6-4-8-12(15)16/h3-10,13,17H,2H2,1H3/t13-/m0/s1. The van der Waals surface area contributed by atoms with E-state index in [2.05, 4.69) is 0 Å². The Bertz CT molecular complexity index is 525. The number of aliphatic hydroxyl groups is 1. The molecule has 18 heavy (non-hydrogen) atoms. The zero-order chi connectivity index (χ0) is 13.0. The lowest BCUT2D eigenvalue weighted by Gasteiger charge is -2.15. The molecule has 0 fully saturated rings. The zero-order valence-electron chi connectivity index (χ0n) is 10.1. The van der Waals surface area contributed by atoms with Crippen molar-refractivity contribution >= 4 is 11.6 Å². The summed E-state index contributed by atoms with van der Waals surface area (Å²) < 4.78 is 5.77. The first-order valence-corrected chi connectivity index (χ1v) is 6.29. The van der Waals surface area contributed by atoms with Crippen molar-refractivity contribution in [2.75, 3.05) is 0 Å². The van der Waals surface area contributed by atoms with E-state index in [9.17, 15) is 5.11 Å². The lowest BCUT2D eigenvalue weighted by atomic mass is 10.1. The third-order valence-electron chi connectivity index (χ3n) is 2.72. The van der Waals surface area contributed by atoms with Crippen molar-refractivity contribution in [2.45, 2.75) is 19.4 Å². The monoisotopic (exact) mass is 262 g/mol. The van der Waals surface area contributed by atoms with Crippen molar-refractivity contribution in [1.29, 1.82) is 0 Å². The minimum absolute atomic E-state index is 0.524. The molecule has 0 heterocycles. The van der Waals surface area contributed by atoms with Crippen molar-refractivity contribution in [3.63, 3.8) is 0 Å². The molecular weight excluding hydrogens is 248 g/mol. The lowest BCUT2D eigenvalue weighted by Crippen LogP contribution is -1.98. The summed E-state index contributed by atoms with van der Waals surface area (Å²) in [7, 11) is 0. The first kappa shape index (κ1) is 12.9. The van der Waals surface area contributed by atoms with E-state index in [1.54, 1.807) is 12.1 Å². The van der Waals surface area contributed by atoms with Gasteiger partial charge in [0.15, 0.2) is 0 Å². The Labute approximate surface area is 112 Å². The van der Waals surface area contributed by atoms with Crippen LogP contribution < -0.4 is 4.74 Å². The molecule has 0 amide bonds. The van der Waals surface area contributed by atoms with Crippen LogP contribution in [0, 0.1) is 0 Å². The fourth-order valence-corrected chi connectivity index (χ4v) is 1.89. The number of benzene rings is 2. The number of halogens is 1. The normalized spacial score (nSPS) is 12.2. The first-order valence-electron chi connectivity index (χ1n) is 5.91. The van der Waals surface area contributed by atoms with Crippen molar-refractivity contribution in [1.82, 2.24) is 0 Å². The molecule has 0 unspecified atom stereocenters. The maximum atomic E-state index is 9.94. The molecule has 0 bridgehead atoms. The molecule has 2 aromatic rings. The molecule has 0 spiro atoms. The van der Waals surface area contributed by atoms with Crippen LogP contribution in [0.15, 0.2) is 48.5 Å². The predicted octanol–water partition coefficient (Wildman–Crippen LogP) is 4.58. The molecule has 1 atom stereocenters. The smallest absolute Gasteiger partial charge is 0.146 e. The Hall–Kier alpha value is -1.51. The van der Waals surface area contributed by atoms with Crippen LogP contribution in [0.2, 0.25) is 5.02 Å². The quantitative estimate of drug-likeness (QED) is 0.874. The van der Waals surface area contributed by atoms with E-state index in [1.807, 2.05) is 43.3 Å². The fourth-order valence-electron chi connectivity index (χ4n) is 1.71. The summed E-state index contributed by atoms with van der Waals surface area (Å²) in [4.78, 5) is 0. The van der Waals surface area contributed by atoms with Gasteiger partial charge >= 0.3 is 0 Å². The molecule has 0 aliphatic carbocycles. The topological polar surface area (TPSA) is 29.5 Å². The van der Waals surface area contributed by atoms with E-state index >= 15 is 0 Å². The highest BCUT2D eigenvalue weighted by Crippen LogP contribution is 2.33. The fraction of sp³-hybridized carbons (Fsp3) is 0.200. The summed E-state index contributed by atoms with van der Waals surface area (Å²) in [5.41, 5.74) is 0.778. The van der Waals surface area contributed by atoms with Crippen LogP contribution in [0.4, 0.5) is 0 Å². The number of ether oxygens (including phenoxy) is 1. The van der Waals surface area contributed by atoms with Gasteiger partial charge < -0.3 is 9.84 Å². The SMILES string of the molecule is CC[C@H](O)c1ccccc1Oc1ccccc1Cl. The van der Waals surface area contributed by atoms with Gasteiger partial charge in [0.05, 0.1) is 11.1 Å². The number of hydrogen-bond donors (Lipinski definition) is 1. The highest BCUT2D eigenvalue weighted by atomic mass is 35.5. The molecule has 0 aromatic heterocycles. The minimum atomic E-state index is -0.524. The predicted molar refractivity (Wildman–Crippen MR) is 73.2 cm³/mol.